The van der Waals surface area contributed by atoms with E-state index in [1.54, 1.807) is 18.2 Å². The van der Waals surface area contributed by atoms with Gasteiger partial charge in [-0.2, -0.15) is 0 Å². The third kappa shape index (κ3) is 7.68. The Bertz CT molecular complexity index is 1080. The maximum atomic E-state index is 12.6. The lowest BCUT2D eigenvalue weighted by Crippen LogP contribution is -2.30. The molecule has 2 aromatic rings. The first-order chi connectivity index (χ1) is 15.4. The number of esters is 1. The standard InChI is InChI=1S/C25H34N2O5S/c1-17(2)20-13-21(15-22(14-20)25(29)32-6)18(3)7-12-24(28)26-33(30,31)23-10-8-19(9-11-23)16-27(4)5/h8-11,13-15,17-18H,7,12,16H2,1-6H3,(H,26,28). The number of sulfonamides is 1. The number of hydrogen-bond donors (Lipinski definition) is 1. The Morgan fingerprint density at radius 3 is 2.15 bits per heavy atom. The van der Waals surface area contributed by atoms with Gasteiger partial charge in [-0.1, -0.05) is 39.0 Å². The van der Waals surface area contributed by atoms with Gasteiger partial charge in [-0.05, 0) is 73.3 Å². The summed E-state index contributed by atoms with van der Waals surface area (Å²) in [6.45, 7) is 6.72. The van der Waals surface area contributed by atoms with Gasteiger partial charge in [-0.25, -0.2) is 17.9 Å². The fraction of sp³-hybridized carbons (Fsp3) is 0.440. The summed E-state index contributed by atoms with van der Waals surface area (Å²) in [7, 11) is 1.27. The van der Waals surface area contributed by atoms with E-state index in [4.69, 9.17) is 4.74 Å². The van der Waals surface area contributed by atoms with E-state index in [0.717, 1.165) is 16.7 Å². The molecule has 180 valence electrons. The molecule has 2 aromatic carbocycles. The number of carbonyl (C=O) groups excluding carboxylic acids is 2. The Kier molecular flexibility index (Phi) is 9.19. The first kappa shape index (κ1) is 26.5. The van der Waals surface area contributed by atoms with E-state index >= 15 is 0 Å². The Morgan fingerprint density at radius 1 is 1.00 bits per heavy atom. The van der Waals surface area contributed by atoms with Crippen molar-refractivity contribution in [2.75, 3.05) is 21.2 Å². The Labute approximate surface area is 197 Å². The van der Waals surface area contributed by atoms with Crippen molar-refractivity contribution in [3.63, 3.8) is 0 Å². The molecule has 8 heteroatoms. The summed E-state index contributed by atoms with van der Waals surface area (Å²) in [6.07, 6.45) is 0.476. The van der Waals surface area contributed by atoms with Crippen molar-refractivity contribution in [3.8, 4) is 0 Å². The third-order valence-electron chi connectivity index (χ3n) is 5.42. The highest BCUT2D eigenvalue weighted by Crippen LogP contribution is 2.27. The molecule has 0 aliphatic heterocycles. The molecule has 0 fully saturated rings. The molecule has 1 unspecified atom stereocenters. The maximum Gasteiger partial charge on any atom is 0.337 e. The normalized spacial score (nSPS) is 12.6. The fourth-order valence-electron chi connectivity index (χ4n) is 3.44. The minimum atomic E-state index is -3.93. The summed E-state index contributed by atoms with van der Waals surface area (Å²) in [5.41, 5.74) is 3.36. The van der Waals surface area contributed by atoms with Crippen LogP contribution in [-0.4, -0.2) is 46.4 Å². The van der Waals surface area contributed by atoms with Crippen LogP contribution in [0.4, 0.5) is 0 Å². The molecule has 0 heterocycles. The van der Waals surface area contributed by atoms with Gasteiger partial charge in [0.15, 0.2) is 0 Å². The monoisotopic (exact) mass is 474 g/mol. The molecule has 0 spiro atoms. The highest BCUT2D eigenvalue weighted by atomic mass is 32.2. The number of hydrogen-bond acceptors (Lipinski definition) is 6. The van der Waals surface area contributed by atoms with Crippen LogP contribution in [0.1, 0.15) is 72.5 Å². The molecule has 0 aromatic heterocycles. The highest BCUT2D eigenvalue weighted by molar-refractivity contribution is 7.90. The van der Waals surface area contributed by atoms with Crippen molar-refractivity contribution in [1.82, 2.24) is 9.62 Å². The van der Waals surface area contributed by atoms with Gasteiger partial charge in [0, 0.05) is 13.0 Å². The topological polar surface area (TPSA) is 92.8 Å². The molecule has 7 nitrogen and oxygen atoms in total. The third-order valence-corrected chi connectivity index (χ3v) is 6.81. The zero-order chi connectivity index (χ0) is 24.8. The molecular formula is C25H34N2O5S. The molecule has 0 bridgehead atoms. The molecule has 2 rings (SSSR count). The smallest absolute Gasteiger partial charge is 0.337 e. The zero-order valence-electron chi connectivity index (χ0n) is 20.2. The van der Waals surface area contributed by atoms with Gasteiger partial charge in [0.25, 0.3) is 10.0 Å². The van der Waals surface area contributed by atoms with Crippen LogP contribution >= 0.6 is 0 Å². The quantitative estimate of drug-likeness (QED) is 0.522. The van der Waals surface area contributed by atoms with E-state index in [9.17, 15) is 18.0 Å². The Balaban J connectivity index is 2.05. The lowest BCUT2D eigenvalue weighted by molar-refractivity contribution is -0.119. The van der Waals surface area contributed by atoms with E-state index in [0.29, 0.717) is 18.5 Å². The summed E-state index contributed by atoms with van der Waals surface area (Å²) in [5, 5.41) is 0. The lowest BCUT2D eigenvalue weighted by Gasteiger charge is -2.16. The van der Waals surface area contributed by atoms with E-state index in [-0.39, 0.29) is 23.2 Å². The van der Waals surface area contributed by atoms with E-state index in [1.165, 1.54) is 19.2 Å². The molecule has 0 aliphatic rings. The SMILES string of the molecule is COC(=O)c1cc(C(C)C)cc(C(C)CCC(=O)NS(=O)(=O)c2ccc(CN(C)C)cc2)c1. The summed E-state index contributed by atoms with van der Waals surface area (Å²) >= 11 is 0. The largest absolute Gasteiger partial charge is 0.465 e. The summed E-state index contributed by atoms with van der Waals surface area (Å²) in [4.78, 5) is 26.5. The first-order valence-electron chi connectivity index (χ1n) is 11.0. The van der Waals surface area contributed by atoms with Crippen molar-refractivity contribution in [3.05, 3.63) is 64.7 Å². The van der Waals surface area contributed by atoms with Crippen molar-refractivity contribution in [2.45, 2.75) is 56.9 Å². The average molecular weight is 475 g/mol. The minimum Gasteiger partial charge on any atom is -0.465 e. The molecule has 33 heavy (non-hydrogen) atoms. The van der Waals surface area contributed by atoms with Crippen LogP contribution in [0.25, 0.3) is 0 Å². The minimum absolute atomic E-state index is 0.0403. The van der Waals surface area contributed by atoms with E-state index in [2.05, 4.69) is 4.72 Å². The average Bonchev–Trinajstić information content (AvgIpc) is 2.76. The van der Waals surface area contributed by atoms with Gasteiger partial charge in [0.1, 0.15) is 0 Å². The van der Waals surface area contributed by atoms with Crippen LogP contribution < -0.4 is 4.72 Å². The number of methoxy groups -OCH3 is 1. The van der Waals surface area contributed by atoms with Crippen LogP contribution in [0, 0.1) is 0 Å². The van der Waals surface area contributed by atoms with Crippen molar-refractivity contribution >= 4 is 21.9 Å². The number of nitrogens with one attached hydrogen (secondary N) is 1. The van der Waals surface area contributed by atoms with Gasteiger partial charge >= 0.3 is 5.97 Å². The summed E-state index contributed by atoms with van der Waals surface area (Å²) in [6, 6.07) is 12.1. The van der Waals surface area contributed by atoms with E-state index < -0.39 is 21.9 Å². The van der Waals surface area contributed by atoms with Crippen molar-refractivity contribution in [1.29, 1.82) is 0 Å². The number of nitrogens with zero attached hydrogens (tertiary/aromatic N) is 1. The van der Waals surface area contributed by atoms with Crippen LogP contribution in [0.15, 0.2) is 47.4 Å². The molecule has 1 N–H and O–H groups in total. The Hall–Kier alpha value is -2.71. The van der Waals surface area contributed by atoms with Crippen molar-refractivity contribution in [2.24, 2.45) is 0 Å². The van der Waals surface area contributed by atoms with Crippen LogP contribution in [0.2, 0.25) is 0 Å². The highest BCUT2D eigenvalue weighted by Gasteiger charge is 2.19. The second-order valence-electron chi connectivity index (χ2n) is 8.88. The molecule has 1 amide bonds. The predicted molar refractivity (Wildman–Crippen MR) is 129 cm³/mol. The Morgan fingerprint density at radius 2 is 1.61 bits per heavy atom. The molecule has 0 saturated heterocycles. The van der Waals surface area contributed by atoms with Gasteiger partial charge in [0.2, 0.25) is 5.91 Å². The summed E-state index contributed by atoms with van der Waals surface area (Å²) < 4.78 is 32.2. The van der Waals surface area contributed by atoms with Crippen LogP contribution in [0.5, 0.6) is 0 Å². The second kappa shape index (κ2) is 11.4. The lowest BCUT2D eigenvalue weighted by atomic mass is 9.90. The van der Waals surface area contributed by atoms with Crippen LogP contribution in [-0.2, 0) is 26.1 Å². The van der Waals surface area contributed by atoms with Gasteiger partial charge in [-0.3, -0.25) is 4.79 Å². The number of carbonyl (C=O) groups is 2. The first-order valence-corrected chi connectivity index (χ1v) is 12.4. The molecular weight excluding hydrogens is 440 g/mol. The number of ether oxygens (including phenoxy) is 1. The number of benzene rings is 2. The van der Waals surface area contributed by atoms with Crippen LogP contribution in [0.3, 0.4) is 0 Å². The molecule has 0 aliphatic carbocycles. The summed E-state index contributed by atoms with van der Waals surface area (Å²) in [5.74, 6) is -0.803. The van der Waals surface area contributed by atoms with Crippen molar-refractivity contribution < 1.29 is 22.7 Å². The fourth-order valence-corrected chi connectivity index (χ4v) is 4.46. The van der Waals surface area contributed by atoms with Gasteiger partial charge in [0.05, 0.1) is 17.6 Å². The molecule has 0 radical (unpaired) electrons. The number of rotatable bonds is 10. The van der Waals surface area contributed by atoms with E-state index in [1.807, 2.05) is 51.9 Å². The van der Waals surface area contributed by atoms with Gasteiger partial charge in [-0.15, -0.1) is 0 Å². The number of amides is 1. The zero-order valence-corrected chi connectivity index (χ0v) is 21.0. The molecule has 1 atom stereocenters. The maximum absolute atomic E-state index is 12.6. The predicted octanol–water partition coefficient (Wildman–Crippen LogP) is 4.05. The second-order valence-corrected chi connectivity index (χ2v) is 10.6. The molecule has 0 saturated carbocycles. The van der Waals surface area contributed by atoms with Gasteiger partial charge < -0.3 is 9.64 Å².